The summed E-state index contributed by atoms with van der Waals surface area (Å²) < 4.78 is 12.3. The number of ether oxygens (including phenoxy) is 2. The molecular formula is C23H23N5O3S. The van der Waals surface area contributed by atoms with E-state index in [0.717, 1.165) is 27.6 Å². The van der Waals surface area contributed by atoms with Crippen molar-refractivity contribution in [3.63, 3.8) is 0 Å². The highest BCUT2D eigenvalue weighted by Crippen LogP contribution is 2.36. The van der Waals surface area contributed by atoms with E-state index in [2.05, 4.69) is 27.3 Å². The molecule has 2 aromatic heterocycles. The average Bonchev–Trinajstić information content (AvgIpc) is 3.28. The van der Waals surface area contributed by atoms with Crippen LogP contribution < -0.4 is 14.8 Å². The van der Waals surface area contributed by atoms with Crippen LogP contribution in [0.2, 0.25) is 0 Å². The molecule has 0 radical (unpaired) electrons. The normalized spacial score (nSPS) is 10.9. The van der Waals surface area contributed by atoms with Crippen molar-refractivity contribution in [2.24, 2.45) is 0 Å². The Hall–Kier alpha value is -3.59. The molecule has 0 fully saturated rings. The van der Waals surface area contributed by atoms with Crippen molar-refractivity contribution in [3.8, 4) is 11.5 Å². The molecule has 0 saturated carbocycles. The Morgan fingerprint density at radius 1 is 1.12 bits per heavy atom. The number of nitrogens with zero attached hydrogens (tertiary/aromatic N) is 4. The van der Waals surface area contributed by atoms with Gasteiger partial charge in [-0.25, -0.2) is 4.98 Å². The number of aryl methyl sites for hydroxylation is 1. The lowest BCUT2D eigenvalue weighted by Gasteiger charge is -2.15. The summed E-state index contributed by atoms with van der Waals surface area (Å²) in [7, 11) is 3.10. The molecule has 32 heavy (non-hydrogen) atoms. The predicted octanol–water partition coefficient (Wildman–Crippen LogP) is 4.42. The second kappa shape index (κ2) is 9.27. The molecule has 1 amide bonds. The van der Waals surface area contributed by atoms with Gasteiger partial charge in [0.15, 0.2) is 0 Å². The fourth-order valence-electron chi connectivity index (χ4n) is 3.36. The van der Waals surface area contributed by atoms with E-state index in [-0.39, 0.29) is 5.91 Å². The van der Waals surface area contributed by atoms with Crippen LogP contribution in [-0.2, 0) is 6.42 Å². The number of carbonyl (C=O) groups is 1. The molecule has 0 bridgehead atoms. The molecule has 0 aliphatic carbocycles. The lowest BCUT2D eigenvalue weighted by Crippen LogP contribution is -2.13. The van der Waals surface area contributed by atoms with Crippen molar-refractivity contribution in [1.29, 1.82) is 0 Å². The van der Waals surface area contributed by atoms with Gasteiger partial charge in [-0.3, -0.25) is 4.79 Å². The maximum atomic E-state index is 13.0. The molecule has 164 valence electrons. The molecule has 0 unspecified atom stereocenters. The number of anilines is 1. The minimum atomic E-state index is -0.261. The monoisotopic (exact) mass is 449 g/mol. The Morgan fingerprint density at radius 3 is 2.53 bits per heavy atom. The van der Waals surface area contributed by atoms with E-state index < -0.39 is 0 Å². The first-order valence-electron chi connectivity index (χ1n) is 10.0. The zero-order valence-corrected chi connectivity index (χ0v) is 19.1. The van der Waals surface area contributed by atoms with Gasteiger partial charge >= 0.3 is 0 Å². The van der Waals surface area contributed by atoms with Gasteiger partial charge in [0.1, 0.15) is 22.9 Å². The van der Waals surface area contributed by atoms with Crippen LogP contribution in [0.25, 0.3) is 5.78 Å². The van der Waals surface area contributed by atoms with Gasteiger partial charge in [-0.1, -0.05) is 30.8 Å². The van der Waals surface area contributed by atoms with Crippen LogP contribution in [0.1, 0.15) is 28.5 Å². The van der Waals surface area contributed by atoms with Gasteiger partial charge in [0.2, 0.25) is 0 Å². The van der Waals surface area contributed by atoms with Gasteiger partial charge in [0.05, 0.1) is 19.9 Å². The molecule has 4 rings (SSSR count). The standard InChI is InChI=1S/C23H23N5O3S/c1-5-18-14(2)26-23-24-13-25-28(23)22(18)32-20-9-7-6-8-19(20)27-21(29)15-10-16(30-3)12-17(11-15)31-4/h6-13H,5H2,1-4H3,(H,27,29). The zero-order valence-electron chi connectivity index (χ0n) is 18.2. The summed E-state index contributed by atoms with van der Waals surface area (Å²) in [4.78, 5) is 22.7. The first kappa shape index (κ1) is 21.6. The second-order valence-corrected chi connectivity index (χ2v) is 7.99. The van der Waals surface area contributed by atoms with Crippen LogP contribution in [0.3, 0.4) is 0 Å². The Balaban J connectivity index is 1.69. The van der Waals surface area contributed by atoms with Gasteiger partial charge in [0.25, 0.3) is 11.7 Å². The van der Waals surface area contributed by atoms with Crippen LogP contribution in [0.15, 0.2) is 58.7 Å². The second-order valence-electron chi connectivity index (χ2n) is 6.96. The average molecular weight is 450 g/mol. The van der Waals surface area contributed by atoms with Crippen LogP contribution in [0.4, 0.5) is 5.69 Å². The molecule has 2 aromatic carbocycles. The maximum absolute atomic E-state index is 13.0. The third kappa shape index (κ3) is 4.24. The molecule has 0 aliphatic heterocycles. The number of amides is 1. The van der Waals surface area contributed by atoms with Gasteiger partial charge < -0.3 is 14.8 Å². The summed E-state index contributed by atoms with van der Waals surface area (Å²) in [5.41, 5.74) is 3.13. The Bertz CT molecular complexity index is 1270. The van der Waals surface area contributed by atoms with Crippen molar-refractivity contribution in [2.75, 3.05) is 19.5 Å². The van der Waals surface area contributed by atoms with E-state index in [4.69, 9.17) is 9.47 Å². The molecule has 0 saturated heterocycles. The summed E-state index contributed by atoms with van der Waals surface area (Å²) in [5, 5.41) is 8.29. The quantitative estimate of drug-likeness (QED) is 0.418. The molecule has 8 nitrogen and oxygen atoms in total. The van der Waals surface area contributed by atoms with Crippen LogP contribution >= 0.6 is 11.8 Å². The van der Waals surface area contributed by atoms with E-state index in [9.17, 15) is 4.79 Å². The highest BCUT2D eigenvalue weighted by atomic mass is 32.2. The molecule has 0 aliphatic rings. The van der Waals surface area contributed by atoms with Crippen molar-refractivity contribution in [2.45, 2.75) is 30.2 Å². The molecule has 0 atom stereocenters. The number of methoxy groups -OCH3 is 2. The van der Waals surface area contributed by atoms with Gasteiger partial charge in [-0.15, -0.1) is 0 Å². The third-order valence-corrected chi connectivity index (χ3v) is 6.18. The van der Waals surface area contributed by atoms with Crippen molar-refractivity contribution in [1.82, 2.24) is 19.6 Å². The number of hydrogen-bond donors (Lipinski definition) is 1. The Morgan fingerprint density at radius 2 is 1.84 bits per heavy atom. The smallest absolute Gasteiger partial charge is 0.255 e. The van der Waals surface area contributed by atoms with Crippen LogP contribution in [0.5, 0.6) is 11.5 Å². The number of rotatable bonds is 7. The fourth-order valence-corrected chi connectivity index (χ4v) is 4.58. The lowest BCUT2D eigenvalue weighted by atomic mass is 10.2. The lowest BCUT2D eigenvalue weighted by molar-refractivity contribution is 0.102. The van der Waals surface area contributed by atoms with E-state index in [0.29, 0.717) is 28.5 Å². The number of nitrogens with one attached hydrogen (secondary N) is 1. The van der Waals surface area contributed by atoms with Crippen molar-refractivity contribution >= 4 is 29.1 Å². The predicted molar refractivity (Wildman–Crippen MR) is 123 cm³/mol. The topological polar surface area (TPSA) is 90.6 Å². The first-order valence-corrected chi connectivity index (χ1v) is 10.9. The van der Waals surface area contributed by atoms with Gasteiger partial charge in [-0.2, -0.15) is 14.6 Å². The molecule has 0 spiro atoms. The van der Waals surface area contributed by atoms with E-state index >= 15 is 0 Å². The molecular weight excluding hydrogens is 426 g/mol. The maximum Gasteiger partial charge on any atom is 0.255 e. The minimum Gasteiger partial charge on any atom is -0.497 e. The minimum absolute atomic E-state index is 0.261. The van der Waals surface area contributed by atoms with Gasteiger partial charge in [-0.05, 0) is 37.6 Å². The SMILES string of the molecule is CCc1c(C)nc2ncnn2c1Sc1ccccc1NC(=O)c1cc(OC)cc(OC)c1. The number of hydrogen-bond acceptors (Lipinski definition) is 7. The molecule has 2 heterocycles. The van der Waals surface area contributed by atoms with Crippen molar-refractivity contribution in [3.05, 3.63) is 65.6 Å². The number of aromatic nitrogens is 4. The molecule has 9 heteroatoms. The Kier molecular flexibility index (Phi) is 6.27. The number of para-hydroxylation sites is 1. The molecule has 1 N–H and O–H groups in total. The van der Waals surface area contributed by atoms with Crippen molar-refractivity contribution < 1.29 is 14.3 Å². The van der Waals surface area contributed by atoms with E-state index in [1.807, 2.05) is 31.2 Å². The van der Waals surface area contributed by atoms with Gasteiger partial charge in [0, 0.05) is 27.8 Å². The zero-order chi connectivity index (χ0) is 22.7. The highest BCUT2D eigenvalue weighted by molar-refractivity contribution is 7.99. The van der Waals surface area contributed by atoms with Crippen LogP contribution in [-0.4, -0.2) is 39.7 Å². The summed E-state index contributed by atoms with van der Waals surface area (Å²) in [5.74, 6) is 1.38. The summed E-state index contributed by atoms with van der Waals surface area (Å²) in [6.45, 7) is 4.06. The largest absolute Gasteiger partial charge is 0.497 e. The Labute approximate surface area is 190 Å². The fraction of sp³-hybridized carbons (Fsp3) is 0.217. The third-order valence-electron chi connectivity index (χ3n) is 4.99. The summed E-state index contributed by atoms with van der Waals surface area (Å²) >= 11 is 1.52. The van der Waals surface area contributed by atoms with E-state index in [1.165, 1.54) is 18.1 Å². The summed E-state index contributed by atoms with van der Waals surface area (Å²) in [6, 6.07) is 12.7. The molecule has 4 aromatic rings. The number of benzene rings is 2. The van der Waals surface area contributed by atoms with Crippen LogP contribution in [0, 0.1) is 6.92 Å². The number of carbonyl (C=O) groups excluding carboxylic acids is 1. The highest BCUT2D eigenvalue weighted by Gasteiger charge is 2.17. The summed E-state index contributed by atoms with van der Waals surface area (Å²) in [6.07, 6.45) is 2.30. The first-order chi connectivity index (χ1) is 15.5. The van der Waals surface area contributed by atoms with E-state index in [1.54, 1.807) is 36.9 Å². The number of fused-ring (bicyclic) bond motifs is 1.